The Morgan fingerprint density at radius 2 is 1.55 bits per heavy atom. The summed E-state index contributed by atoms with van der Waals surface area (Å²) < 4.78 is 14.4. The highest BCUT2D eigenvalue weighted by Crippen LogP contribution is 2.50. The first-order valence-electron chi connectivity index (χ1n) is 22.8. The number of amides is 4. The molecule has 0 spiro atoms. The van der Waals surface area contributed by atoms with Crippen molar-refractivity contribution >= 4 is 46.2 Å². The van der Waals surface area contributed by atoms with Crippen LogP contribution in [0.4, 0.5) is 11.4 Å². The molecule has 0 radical (unpaired) electrons. The molecule has 3 aromatic heterocycles. The Morgan fingerprint density at radius 3 is 2.26 bits per heavy atom. The van der Waals surface area contributed by atoms with Crippen LogP contribution in [0.2, 0.25) is 0 Å². The molecule has 0 bridgehead atoms. The number of anilines is 2. The van der Waals surface area contributed by atoms with E-state index in [9.17, 15) is 19.2 Å². The summed E-state index contributed by atoms with van der Waals surface area (Å²) in [6, 6.07) is 11.7. The minimum absolute atomic E-state index is 0.0281. The zero-order valence-corrected chi connectivity index (χ0v) is 36.8. The van der Waals surface area contributed by atoms with Crippen LogP contribution in [0.25, 0.3) is 11.2 Å². The number of hydrogen-bond donors (Lipinski definition) is 4. The third-order valence-electron chi connectivity index (χ3n) is 13.8. The quantitative estimate of drug-likeness (QED) is 0.114. The molecule has 16 nitrogen and oxygen atoms in total. The van der Waals surface area contributed by atoms with Crippen molar-refractivity contribution in [3.63, 3.8) is 0 Å². The number of rotatable bonds is 12. The van der Waals surface area contributed by atoms with E-state index in [-0.39, 0.29) is 52.5 Å². The van der Waals surface area contributed by atoms with E-state index in [0.29, 0.717) is 73.0 Å². The van der Waals surface area contributed by atoms with Crippen LogP contribution in [0.3, 0.4) is 0 Å². The van der Waals surface area contributed by atoms with Gasteiger partial charge in [-0.05, 0) is 119 Å². The van der Waals surface area contributed by atoms with Crippen molar-refractivity contribution in [2.45, 2.75) is 108 Å². The number of nitrogens with zero attached hydrogens (tertiary/aromatic N) is 6. The molecule has 11 rings (SSSR count). The highest BCUT2D eigenvalue weighted by molar-refractivity contribution is 6.24. The summed E-state index contributed by atoms with van der Waals surface area (Å²) in [5, 5.41) is 13.5. The molecular weight excluding hydrogens is 825 g/mol. The van der Waals surface area contributed by atoms with Gasteiger partial charge in [-0.15, -0.1) is 0 Å². The molecule has 2 saturated heterocycles. The molecule has 2 aliphatic carbocycles. The lowest BCUT2D eigenvalue weighted by molar-refractivity contribution is -0.146. The number of hydrogen-bond acceptors (Lipinski definition) is 11. The van der Waals surface area contributed by atoms with Gasteiger partial charge >= 0.3 is 0 Å². The molecule has 4 amide bonds. The summed E-state index contributed by atoms with van der Waals surface area (Å²) in [6.45, 7) is 7.23. The van der Waals surface area contributed by atoms with Crippen molar-refractivity contribution in [2.75, 3.05) is 23.7 Å². The molecule has 4 aliphatic heterocycles. The van der Waals surface area contributed by atoms with Gasteiger partial charge in [0.05, 0.1) is 11.8 Å². The zero-order valence-electron chi connectivity index (χ0n) is 36.8. The molecule has 6 aliphatic rings. The number of aromatic nitrogens is 5. The highest BCUT2D eigenvalue weighted by Gasteiger charge is 2.48. The van der Waals surface area contributed by atoms with Crippen LogP contribution in [0.15, 0.2) is 61.2 Å². The lowest BCUT2D eigenvalue weighted by Gasteiger charge is -2.34. The molecule has 3 atom stereocenters. The van der Waals surface area contributed by atoms with Gasteiger partial charge < -0.3 is 36.1 Å². The second-order valence-corrected chi connectivity index (χ2v) is 19.4. The number of nitrogens with one attached hydrogen (secondary N) is 3. The van der Waals surface area contributed by atoms with Gasteiger partial charge in [-0.25, -0.2) is 19.5 Å². The summed E-state index contributed by atoms with van der Waals surface area (Å²) in [7, 11) is 0. The molecule has 2 saturated carbocycles. The number of nitrogens with two attached hydrogens (primary N) is 1. The van der Waals surface area contributed by atoms with Crippen molar-refractivity contribution in [1.82, 2.24) is 34.8 Å². The first kappa shape index (κ1) is 40.9. The molecular formula is C49H52N10O6. The van der Waals surface area contributed by atoms with Crippen LogP contribution in [0, 0.1) is 11.8 Å². The third-order valence-corrected chi connectivity index (χ3v) is 13.8. The van der Waals surface area contributed by atoms with Gasteiger partial charge in [0, 0.05) is 103 Å². The first-order chi connectivity index (χ1) is 31.3. The Bertz CT molecular complexity index is 2860. The standard InChI is InChI=1S/C49H52N10O6/c1-48(2)22-30-18-38(34(26-4-5-26)20-40(30)64-48)56-45(61)36(24-50)42-51-13-9-32(54-42)17-29-10-14-58(47(29)63)49(3)23-31-19-39(35(27-6-7-27)21-41(31)65-49)57-46(62)37-25-53-59-15-11-33(55-43(37)59)16-28-8-12-52-44(28)60/h9,11,13,15,18-21,24-29H,4-8,10,12,14,16-17,22-23,50H2,1-3H3,(H,52,60)(H,56,61)(H,57,62)/t28-,29+,49?/m1/s1. The Kier molecular flexibility index (Phi) is 9.70. The van der Waals surface area contributed by atoms with Crippen molar-refractivity contribution in [3.05, 3.63) is 106 Å². The van der Waals surface area contributed by atoms with Crippen molar-refractivity contribution in [2.24, 2.45) is 17.6 Å². The van der Waals surface area contributed by atoms with E-state index in [1.807, 2.05) is 36.1 Å². The molecule has 2 aromatic carbocycles. The van der Waals surface area contributed by atoms with Crippen molar-refractivity contribution in [1.29, 1.82) is 0 Å². The number of benzene rings is 2. The van der Waals surface area contributed by atoms with E-state index in [0.717, 1.165) is 77.9 Å². The van der Waals surface area contributed by atoms with Crippen LogP contribution in [-0.4, -0.2) is 77.5 Å². The van der Waals surface area contributed by atoms with Crippen LogP contribution in [0.5, 0.6) is 11.5 Å². The number of fused-ring (bicyclic) bond motifs is 3. The molecule has 5 N–H and O–H groups in total. The second kappa shape index (κ2) is 15.4. The maximum absolute atomic E-state index is 14.2. The normalized spacial score (nSPS) is 23.2. The monoisotopic (exact) mass is 876 g/mol. The van der Waals surface area contributed by atoms with Crippen LogP contribution in [0.1, 0.15) is 121 Å². The van der Waals surface area contributed by atoms with Gasteiger partial charge in [-0.1, -0.05) is 0 Å². The smallest absolute Gasteiger partial charge is 0.261 e. The van der Waals surface area contributed by atoms with Gasteiger partial charge in [0.15, 0.2) is 17.2 Å². The largest absolute Gasteiger partial charge is 0.487 e. The summed E-state index contributed by atoms with van der Waals surface area (Å²) in [4.78, 5) is 70.0. The van der Waals surface area contributed by atoms with Crippen LogP contribution >= 0.6 is 0 Å². The van der Waals surface area contributed by atoms with Gasteiger partial charge in [-0.2, -0.15) is 5.10 Å². The minimum Gasteiger partial charge on any atom is -0.487 e. The van der Waals surface area contributed by atoms with Gasteiger partial charge in [0.1, 0.15) is 22.7 Å². The van der Waals surface area contributed by atoms with E-state index in [1.165, 1.54) is 12.4 Å². The van der Waals surface area contributed by atoms with E-state index in [2.05, 4.69) is 45.9 Å². The van der Waals surface area contributed by atoms with Gasteiger partial charge in [0.2, 0.25) is 11.8 Å². The number of carbonyl (C=O) groups excluding carboxylic acids is 4. The van der Waals surface area contributed by atoms with Gasteiger partial charge in [-0.3, -0.25) is 19.2 Å². The molecule has 7 heterocycles. The number of carbonyl (C=O) groups is 4. The molecule has 5 aromatic rings. The van der Waals surface area contributed by atoms with Crippen molar-refractivity contribution < 1.29 is 28.7 Å². The summed E-state index contributed by atoms with van der Waals surface area (Å²) >= 11 is 0. The summed E-state index contributed by atoms with van der Waals surface area (Å²) in [6.07, 6.45) is 13.7. The molecule has 65 heavy (non-hydrogen) atoms. The predicted octanol–water partition coefficient (Wildman–Crippen LogP) is 5.60. The van der Waals surface area contributed by atoms with Gasteiger partial charge in [0.25, 0.3) is 11.8 Å². The van der Waals surface area contributed by atoms with E-state index >= 15 is 0 Å². The lowest BCUT2D eigenvalue weighted by Crippen LogP contribution is -2.51. The summed E-state index contributed by atoms with van der Waals surface area (Å²) in [5.41, 5.74) is 12.6. The molecule has 16 heteroatoms. The lowest BCUT2D eigenvalue weighted by atomic mass is 9.98. The average Bonchev–Trinajstić information content (AvgIpc) is 4.11. The Labute approximate surface area is 375 Å². The Hall–Kier alpha value is -6.84. The average molecular weight is 877 g/mol. The predicted molar refractivity (Wildman–Crippen MR) is 240 cm³/mol. The molecule has 334 valence electrons. The first-order valence-corrected chi connectivity index (χ1v) is 22.8. The minimum atomic E-state index is -0.931. The van der Waals surface area contributed by atoms with Crippen LogP contribution in [-0.2, 0) is 40.1 Å². The fourth-order valence-corrected chi connectivity index (χ4v) is 10.2. The zero-order chi connectivity index (χ0) is 44.8. The maximum Gasteiger partial charge on any atom is 0.261 e. The maximum atomic E-state index is 14.2. The van der Waals surface area contributed by atoms with E-state index in [4.69, 9.17) is 25.2 Å². The topological polar surface area (TPSA) is 208 Å². The number of ether oxygens (including phenoxy) is 2. The second-order valence-electron chi connectivity index (χ2n) is 19.4. The van der Waals surface area contributed by atoms with Crippen LogP contribution < -0.4 is 31.2 Å². The Balaban J connectivity index is 0.765. The number of likely N-dealkylation sites (tertiary alicyclic amines) is 1. The fraction of sp³-hybridized carbons (Fsp3) is 0.429. The third kappa shape index (κ3) is 7.71. The SMILES string of the molecule is CC1(C)Cc2cc(NC(=O)C(=CN)c3nccc(C[C@@H]4CCN(C5(C)Cc6cc(NC(=O)c7cnn8ccc(C[C@H]9CCNC9=O)nc78)c(C7CC7)cc6O5)C4=O)n3)c(C3CC3)cc2O1. The van der Waals surface area contributed by atoms with E-state index < -0.39 is 11.6 Å². The van der Waals surface area contributed by atoms with E-state index in [1.54, 1.807) is 23.0 Å². The Morgan fingerprint density at radius 1 is 0.862 bits per heavy atom. The fourth-order valence-electron chi connectivity index (χ4n) is 10.2. The highest BCUT2D eigenvalue weighted by atomic mass is 16.5. The molecule has 1 unspecified atom stereocenters. The molecule has 4 fully saturated rings. The van der Waals surface area contributed by atoms with Crippen molar-refractivity contribution in [3.8, 4) is 11.5 Å². The summed E-state index contributed by atoms with van der Waals surface area (Å²) in [5.74, 6) is 1.21.